The predicted molar refractivity (Wildman–Crippen MR) is 112 cm³/mol. The van der Waals surface area contributed by atoms with Crippen LogP contribution in [-0.2, 0) is 4.79 Å². The van der Waals surface area contributed by atoms with E-state index in [1.54, 1.807) is 6.92 Å². The fourth-order valence-electron chi connectivity index (χ4n) is 4.42. The summed E-state index contributed by atoms with van der Waals surface area (Å²) in [6.45, 7) is 2.30. The number of allylic oxidation sites excluding steroid dienone is 1. The van der Waals surface area contributed by atoms with Crippen LogP contribution in [0.2, 0.25) is 0 Å². The minimum absolute atomic E-state index is 0. The number of hydrogen-bond donors (Lipinski definition) is 2. The monoisotopic (exact) mass is 392 g/mol. The Morgan fingerprint density at radius 2 is 2.07 bits per heavy atom. The summed E-state index contributed by atoms with van der Waals surface area (Å²) in [5.74, 6) is 5.41. The number of carboxylic acids is 1. The van der Waals surface area contributed by atoms with Crippen molar-refractivity contribution in [2.75, 3.05) is 6.61 Å². The molecule has 2 N–H and O–H groups in total. The van der Waals surface area contributed by atoms with E-state index in [-0.39, 0.29) is 53.4 Å². The third-order valence-electron chi connectivity index (χ3n) is 5.70. The van der Waals surface area contributed by atoms with Gasteiger partial charge in [0.2, 0.25) is 0 Å². The van der Waals surface area contributed by atoms with Gasteiger partial charge in [-0.1, -0.05) is 24.1 Å². The molecule has 1 fully saturated rings. The van der Waals surface area contributed by atoms with E-state index in [9.17, 15) is 9.90 Å². The van der Waals surface area contributed by atoms with Gasteiger partial charge in [-0.25, -0.2) is 0 Å². The average Bonchev–Trinajstić information content (AvgIpc) is 2.99. The molecule has 1 saturated carbocycles. The van der Waals surface area contributed by atoms with Crippen LogP contribution >= 0.6 is 0 Å². The number of carbonyl (C=O) groups is 1. The molecule has 3 rings (SSSR count). The molecule has 2 aliphatic rings. The molecule has 1 spiro atoms. The van der Waals surface area contributed by atoms with Crippen molar-refractivity contribution in [3.63, 3.8) is 0 Å². The van der Waals surface area contributed by atoms with Crippen LogP contribution in [-0.4, -0.2) is 58.5 Å². The number of aliphatic hydroxyl groups excluding tert-OH is 1. The summed E-state index contributed by atoms with van der Waals surface area (Å²) in [6.07, 6.45) is 8.47. The summed E-state index contributed by atoms with van der Waals surface area (Å²) in [5, 5.41) is 18.9. The first kappa shape index (κ1) is 23.0. The fraction of sp³-hybridized carbons (Fsp3) is 0.522. The Kier molecular flexibility index (Phi) is 8.64. The van der Waals surface area contributed by atoms with Gasteiger partial charge in [0.05, 0.1) is 18.4 Å². The Morgan fingerprint density at radius 1 is 1.32 bits per heavy atom. The fourth-order valence-corrected chi connectivity index (χ4v) is 4.42. The van der Waals surface area contributed by atoms with Crippen molar-refractivity contribution in [1.29, 1.82) is 0 Å². The number of aliphatic hydroxyl groups is 1. The zero-order valence-corrected chi connectivity index (χ0v) is 15.9. The van der Waals surface area contributed by atoms with Crippen LogP contribution in [0.5, 0.6) is 5.75 Å². The van der Waals surface area contributed by atoms with Crippen LogP contribution < -0.4 is 4.74 Å². The van der Waals surface area contributed by atoms with Crippen LogP contribution in [0, 0.1) is 17.3 Å². The van der Waals surface area contributed by atoms with E-state index in [4.69, 9.17) is 9.84 Å². The van der Waals surface area contributed by atoms with Gasteiger partial charge in [0.15, 0.2) is 0 Å². The SMILES string of the molecule is CC#C[C@@H](CC(=O)O)c1ccc(OCC2=C[C@]3(CCC2)CC[C@H](O)C3)cc1.[NaH]. The first-order valence-electron chi connectivity index (χ1n) is 9.75. The molecule has 0 aromatic heterocycles. The zero-order valence-electron chi connectivity index (χ0n) is 15.9. The molecular formula is C23H29NaO4. The molecule has 146 valence electrons. The average molecular weight is 392 g/mol. The van der Waals surface area contributed by atoms with Crippen LogP contribution in [0.15, 0.2) is 35.9 Å². The van der Waals surface area contributed by atoms with E-state index in [1.165, 1.54) is 12.0 Å². The maximum atomic E-state index is 11.0. The second kappa shape index (κ2) is 10.5. The summed E-state index contributed by atoms with van der Waals surface area (Å²) in [4.78, 5) is 11.0. The van der Waals surface area contributed by atoms with Crippen LogP contribution in [0.1, 0.15) is 63.4 Å². The van der Waals surface area contributed by atoms with Crippen molar-refractivity contribution < 1.29 is 19.7 Å². The normalized spacial score (nSPS) is 24.5. The molecular weight excluding hydrogens is 363 g/mol. The molecule has 2 aliphatic carbocycles. The summed E-state index contributed by atoms with van der Waals surface area (Å²) in [5.41, 5.74) is 2.40. The van der Waals surface area contributed by atoms with E-state index >= 15 is 0 Å². The van der Waals surface area contributed by atoms with Crippen molar-refractivity contribution in [1.82, 2.24) is 0 Å². The van der Waals surface area contributed by atoms with Gasteiger partial charge >= 0.3 is 35.5 Å². The molecule has 1 aromatic carbocycles. The zero-order chi connectivity index (χ0) is 19.3. The number of hydrogen-bond acceptors (Lipinski definition) is 3. The van der Waals surface area contributed by atoms with Gasteiger partial charge in [-0.2, -0.15) is 0 Å². The summed E-state index contributed by atoms with van der Waals surface area (Å²) in [6, 6.07) is 7.58. The number of aliphatic carboxylic acids is 1. The van der Waals surface area contributed by atoms with Crippen molar-refractivity contribution in [2.45, 2.75) is 63.9 Å². The molecule has 0 aliphatic heterocycles. The van der Waals surface area contributed by atoms with Gasteiger partial charge < -0.3 is 14.9 Å². The summed E-state index contributed by atoms with van der Waals surface area (Å²) >= 11 is 0. The van der Waals surface area contributed by atoms with Crippen molar-refractivity contribution in [3.8, 4) is 17.6 Å². The molecule has 28 heavy (non-hydrogen) atoms. The van der Waals surface area contributed by atoms with Crippen molar-refractivity contribution in [2.24, 2.45) is 5.41 Å². The van der Waals surface area contributed by atoms with E-state index in [1.807, 2.05) is 24.3 Å². The van der Waals surface area contributed by atoms with E-state index in [2.05, 4.69) is 17.9 Å². The van der Waals surface area contributed by atoms with Gasteiger partial charge in [0.1, 0.15) is 12.4 Å². The second-order valence-corrected chi connectivity index (χ2v) is 7.82. The molecule has 0 heterocycles. The Hall–Kier alpha value is -1.25. The van der Waals surface area contributed by atoms with Crippen LogP contribution in [0.3, 0.4) is 0 Å². The van der Waals surface area contributed by atoms with Gasteiger partial charge in [-0.3, -0.25) is 4.79 Å². The Labute approximate surface area is 189 Å². The molecule has 4 nitrogen and oxygen atoms in total. The van der Waals surface area contributed by atoms with Gasteiger partial charge in [-0.15, -0.1) is 5.92 Å². The molecule has 0 bridgehead atoms. The Morgan fingerprint density at radius 3 is 2.68 bits per heavy atom. The maximum absolute atomic E-state index is 11.0. The Balaban J connectivity index is 0.00000280. The second-order valence-electron chi connectivity index (χ2n) is 7.82. The summed E-state index contributed by atoms with van der Waals surface area (Å²) in [7, 11) is 0. The first-order valence-corrected chi connectivity index (χ1v) is 9.75. The molecule has 1 aromatic rings. The van der Waals surface area contributed by atoms with Gasteiger partial charge in [0, 0.05) is 0 Å². The van der Waals surface area contributed by atoms with Crippen LogP contribution in [0.25, 0.3) is 0 Å². The molecule has 0 saturated heterocycles. The quantitative estimate of drug-likeness (QED) is 0.441. The molecule has 3 atom stereocenters. The molecule has 5 heteroatoms. The Bertz CT molecular complexity index is 759. The number of benzene rings is 1. The molecule has 0 amide bonds. The van der Waals surface area contributed by atoms with Gasteiger partial charge in [-0.05, 0) is 74.1 Å². The number of carboxylic acid groups (broad SMARTS) is 1. The standard InChI is InChI=1S/C23H28O4.Na.H/c1-2-4-19(13-22(25)26)18-6-8-21(9-7-18)27-16-17-5-3-11-23(14-17)12-10-20(24)15-23;;/h6-9,14,19-20,24H,3,5,10-13,15-16H2,1H3,(H,25,26);;/t19-,20-,23-;;/m0../s1. The summed E-state index contributed by atoms with van der Waals surface area (Å²) < 4.78 is 5.97. The van der Waals surface area contributed by atoms with E-state index in [0.717, 1.165) is 43.4 Å². The predicted octanol–water partition coefficient (Wildman–Crippen LogP) is 3.64. The first-order chi connectivity index (χ1) is 13.0. The minimum atomic E-state index is -0.849. The van der Waals surface area contributed by atoms with Gasteiger partial charge in [0.25, 0.3) is 0 Å². The van der Waals surface area contributed by atoms with E-state index < -0.39 is 5.97 Å². The third-order valence-corrected chi connectivity index (χ3v) is 5.70. The third kappa shape index (κ3) is 6.12. The number of rotatable bonds is 6. The van der Waals surface area contributed by atoms with Crippen molar-refractivity contribution >= 4 is 35.5 Å². The van der Waals surface area contributed by atoms with Crippen molar-refractivity contribution in [3.05, 3.63) is 41.5 Å². The van der Waals surface area contributed by atoms with Crippen LogP contribution in [0.4, 0.5) is 0 Å². The number of ether oxygens (including phenoxy) is 1. The molecule has 0 radical (unpaired) electrons. The molecule has 0 unspecified atom stereocenters. The topological polar surface area (TPSA) is 66.8 Å². The van der Waals surface area contributed by atoms with E-state index in [0.29, 0.717) is 6.61 Å².